The van der Waals surface area contributed by atoms with Crippen molar-refractivity contribution in [3.8, 4) is 0 Å². The SMILES string of the molecule is CC(C)(C)OC(=O)NNC(=O)C1CCCCC1. The van der Waals surface area contributed by atoms with Gasteiger partial charge in [-0.3, -0.25) is 10.2 Å². The molecular formula is C12H22N2O3. The first-order valence-corrected chi connectivity index (χ1v) is 6.17. The van der Waals surface area contributed by atoms with Crippen molar-refractivity contribution in [2.24, 2.45) is 5.92 Å². The molecule has 0 aliphatic heterocycles. The summed E-state index contributed by atoms with van der Waals surface area (Å²) in [4.78, 5) is 23.0. The van der Waals surface area contributed by atoms with Gasteiger partial charge in [0, 0.05) is 5.92 Å². The molecule has 1 aliphatic carbocycles. The summed E-state index contributed by atoms with van der Waals surface area (Å²) >= 11 is 0. The number of hydrogen-bond donors (Lipinski definition) is 2. The average molecular weight is 242 g/mol. The molecule has 1 rings (SSSR count). The van der Waals surface area contributed by atoms with Crippen molar-refractivity contribution >= 4 is 12.0 Å². The maximum Gasteiger partial charge on any atom is 0.426 e. The summed E-state index contributed by atoms with van der Waals surface area (Å²) in [5.74, 6) is -0.0887. The lowest BCUT2D eigenvalue weighted by Gasteiger charge is -2.22. The van der Waals surface area contributed by atoms with Crippen LogP contribution in [0.5, 0.6) is 0 Å². The van der Waals surface area contributed by atoms with Gasteiger partial charge in [-0.05, 0) is 33.6 Å². The highest BCUT2D eigenvalue weighted by atomic mass is 16.6. The summed E-state index contributed by atoms with van der Waals surface area (Å²) in [5.41, 5.74) is 4.13. The molecule has 0 spiro atoms. The molecule has 5 heteroatoms. The van der Waals surface area contributed by atoms with Gasteiger partial charge in [-0.25, -0.2) is 10.2 Å². The zero-order valence-corrected chi connectivity index (χ0v) is 10.8. The Morgan fingerprint density at radius 1 is 1.06 bits per heavy atom. The Bertz CT molecular complexity index is 278. The lowest BCUT2D eigenvalue weighted by molar-refractivity contribution is -0.127. The van der Waals surface area contributed by atoms with E-state index in [1.165, 1.54) is 6.42 Å². The van der Waals surface area contributed by atoms with Crippen LogP contribution in [0, 0.1) is 5.92 Å². The van der Waals surface area contributed by atoms with E-state index in [0.717, 1.165) is 25.7 Å². The number of nitrogens with one attached hydrogen (secondary N) is 2. The van der Waals surface area contributed by atoms with Gasteiger partial charge < -0.3 is 4.74 Å². The lowest BCUT2D eigenvalue weighted by Crippen LogP contribution is -2.46. The van der Waals surface area contributed by atoms with Gasteiger partial charge in [-0.15, -0.1) is 0 Å². The molecule has 0 aromatic rings. The maximum absolute atomic E-state index is 11.7. The fourth-order valence-electron chi connectivity index (χ4n) is 1.88. The first-order chi connectivity index (χ1) is 7.88. The number of carbonyl (C=O) groups excluding carboxylic acids is 2. The van der Waals surface area contributed by atoms with Crippen molar-refractivity contribution < 1.29 is 14.3 Å². The van der Waals surface area contributed by atoms with Gasteiger partial charge in [0.1, 0.15) is 5.60 Å². The van der Waals surface area contributed by atoms with Gasteiger partial charge in [0.05, 0.1) is 0 Å². The van der Waals surface area contributed by atoms with Crippen LogP contribution >= 0.6 is 0 Å². The molecule has 0 heterocycles. The Balaban J connectivity index is 2.25. The summed E-state index contributed by atoms with van der Waals surface area (Å²) in [6.07, 6.45) is 4.56. The minimum Gasteiger partial charge on any atom is -0.443 e. The topological polar surface area (TPSA) is 67.4 Å². The van der Waals surface area contributed by atoms with Crippen LogP contribution in [-0.2, 0) is 9.53 Å². The molecule has 1 fully saturated rings. The molecule has 1 aliphatic rings. The van der Waals surface area contributed by atoms with Gasteiger partial charge in [-0.1, -0.05) is 19.3 Å². The molecule has 1 saturated carbocycles. The Kier molecular flexibility index (Phi) is 4.78. The quantitative estimate of drug-likeness (QED) is 0.692. The Morgan fingerprint density at radius 2 is 1.65 bits per heavy atom. The molecule has 17 heavy (non-hydrogen) atoms. The Labute approximate surface area is 102 Å². The molecule has 2 N–H and O–H groups in total. The third-order valence-corrected chi connectivity index (χ3v) is 2.66. The second-order valence-corrected chi connectivity index (χ2v) is 5.45. The third-order valence-electron chi connectivity index (χ3n) is 2.66. The van der Waals surface area contributed by atoms with Crippen molar-refractivity contribution in [2.75, 3.05) is 0 Å². The van der Waals surface area contributed by atoms with E-state index in [-0.39, 0.29) is 11.8 Å². The summed E-state index contributed by atoms with van der Waals surface area (Å²) < 4.78 is 5.01. The van der Waals surface area contributed by atoms with Gasteiger partial charge in [0.15, 0.2) is 0 Å². The monoisotopic (exact) mass is 242 g/mol. The van der Waals surface area contributed by atoms with Crippen molar-refractivity contribution in [1.29, 1.82) is 0 Å². The Morgan fingerprint density at radius 3 is 2.18 bits per heavy atom. The molecule has 5 nitrogen and oxygen atoms in total. The van der Waals surface area contributed by atoms with Crippen LogP contribution in [0.2, 0.25) is 0 Å². The molecule has 0 aromatic carbocycles. The van der Waals surface area contributed by atoms with Crippen LogP contribution in [0.3, 0.4) is 0 Å². The molecule has 0 saturated heterocycles. The molecule has 0 aromatic heterocycles. The van der Waals surface area contributed by atoms with Crippen LogP contribution < -0.4 is 10.9 Å². The zero-order chi connectivity index (χ0) is 12.9. The number of hydrazine groups is 1. The van der Waals surface area contributed by atoms with Gasteiger partial charge in [0.25, 0.3) is 0 Å². The standard InChI is InChI=1S/C12H22N2O3/c1-12(2,3)17-11(16)14-13-10(15)9-7-5-4-6-8-9/h9H,4-8H2,1-3H3,(H,13,15)(H,14,16). The summed E-state index contributed by atoms with van der Waals surface area (Å²) in [6.45, 7) is 5.32. The maximum atomic E-state index is 11.7. The average Bonchev–Trinajstić information content (AvgIpc) is 2.25. The minimum atomic E-state index is -0.623. The number of hydrogen-bond acceptors (Lipinski definition) is 3. The van der Waals surface area contributed by atoms with E-state index in [2.05, 4.69) is 10.9 Å². The highest BCUT2D eigenvalue weighted by Crippen LogP contribution is 2.23. The van der Waals surface area contributed by atoms with Gasteiger partial charge in [-0.2, -0.15) is 0 Å². The molecule has 2 amide bonds. The highest BCUT2D eigenvalue weighted by molar-refractivity contribution is 5.81. The van der Waals surface area contributed by atoms with E-state index in [9.17, 15) is 9.59 Å². The molecule has 0 radical (unpaired) electrons. The Hall–Kier alpha value is -1.26. The van der Waals surface area contributed by atoms with Crippen molar-refractivity contribution in [3.05, 3.63) is 0 Å². The fourth-order valence-corrected chi connectivity index (χ4v) is 1.88. The first kappa shape index (κ1) is 13.8. The molecular weight excluding hydrogens is 220 g/mol. The van der Waals surface area contributed by atoms with E-state index in [0.29, 0.717) is 0 Å². The smallest absolute Gasteiger partial charge is 0.426 e. The third kappa shape index (κ3) is 5.56. The molecule has 98 valence electrons. The largest absolute Gasteiger partial charge is 0.443 e. The summed E-state index contributed by atoms with van der Waals surface area (Å²) in [6, 6.07) is 0. The van der Waals surface area contributed by atoms with Crippen LogP contribution in [0.15, 0.2) is 0 Å². The van der Waals surface area contributed by atoms with Crippen molar-refractivity contribution in [2.45, 2.75) is 58.5 Å². The van der Waals surface area contributed by atoms with E-state index < -0.39 is 11.7 Å². The summed E-state index contributed by atoms with van der Waals surface area (Å²) in [7, 11) is 0. The normalized spacial score (nSPS) is 17.4. The van der Waals surface area contributed by atoms with E-state index >= 15 is 0 Å². The molecule has 0 bridgehead atoms. The van der Waals surface area contributed by atoms with Gasteiger partial charge in [0.2, 0.25) is 5.91 Å². The van der Waals surface area contributed by atoms with Crippen LogP contribution in [0.25, 0.3) is 0 Å². The highest BCUT2D eigenvalue weighted by Gasteiger charge is 2.22. The predicted molar refractivity (Wildman–Crippen MR) is 64.1 cm³/mol. The van der Waals surface area contributed by atoms with E-state index in [1.54, 1.807) is 20.8 Å². The first-order valence-electron chi connectivity index (χ1n) is 6.17. The summed E-state index contributed by atoms with van der Waals surface area (Å²) in [5, 5.41) is 0. The molecule has 0 unspecified atom stereocenters. The zero-order valence-electron chi connectivity index (χ0n) is 10.8. The predicted octanol–water partition coefficient (Wildman–Crippen LogP) is 2.12. The minimum absolute atomic E-state index is 0.0266. The number of rotatable bonds is 1. The van der Waals surface area contributed by atoms with Crippen LogP contribution in [0.1, 0.15) is 52.9 Å². The lowest BCUT2D eigenvalue weighted by atomic mass is 9.89. The van der Waals surface area contributed by atoms with Crippen molar-refractivity contribution in [3.63, 3.8) is 0 Å². The van der Waals surface area contributed by atoms with E-state index in [1.807, 2.05) is 0 Å². The van der Waals surface area contributed by atoms with Crippen LogP contribution in [-0.4, -0.2) is 17.6 Å². The second kappa shape index (κ2) is 5.89. The number of carbonyl (C=O) groups is 2. The number of ether oxygens (including phenoxy) is 1. The number of amides is 2. The van der Waals surface area contributed by atoms with Crippen LogP contribution in [0.4, 0.5) is 4.79 Å². The second-order valence-electron chi connectivity index (χ2n) is 5.45. The van der Waals surface area contributed by atoms with Crippen molar-refractivity contribution in [1.82, 2.24) is 10.9 Å². The van der Waals surface area contributed by atoms with E-state index in [4.69, 9.17) is 4.74 Å². The molecule has 0 atom stereocenters. The van der Waals surface area contributed by atoms with Gasteiger partial charge >= 0.3 is 6.09 Å². The fraction of sp³-hybridized carbons (Fsp3) is 0.833.